The van der Waals surface area contributed by atoms with Crippen LogP contribution >= 0.6 is 15.9 Å². The maximum atomic E-state index is 9.76. The Kier molecular flexibility index (Phi) is 4.48. The first-order chi connectivity index (χ1) is 8.60. The van der Waals surface area contributed by atoms with Crippen LogP contribution in [0.3, 0.4) is 0 Å². The highest BCUT2D eigenvalue weighted by Gasteiger charge is 2.17. The Labute approximate surface area is 116 Å². The van der Waals surface area contributed by atoms with Crippen molar-refractivity contribution in [3.63, 3.8) is 0 Å². The minimum atomic E-state index is 0.155. The molecule has 1 saturated heterocycles. The van der Waals surface area contributed by atoms with Crippen LogP contribution in [0.2, 0.25) is 0 Å². The molecule has 0 radical (unpaired) electrons. The van der Waals surface area contributed by atoms with Crippen LogP contribution in [0.4, 0.5) is 0 Å². The van der Waals surface area contributed by atoms with E-state index in [9.17, 15) is 5.11 Å². The molecule has 0 aliphatic carbocycles. The second kappa shape index (κ2) is 5.91. The number of methoxy groups -OCH3 is 1. The molecule has 0 atom stereocenters. The highest BCUT2D eigenvalue weighted by Crippen LogP contribution is 2.35. The van der Waals surface area contributed by atoms with Crippen molar-refractivity contribution in [2.75, 3.05) is 20.2 Å². The van der Waals surface area contributed by atoms with E-state index in [1.165, 1.54) is 0 Å². The molecule has 3 N–H and O–H groups in total. The van der Waals surface area contributed by atoms with Gasteiger partial charge in [-0.1, -0.05) is 0 Å². The molecule has 5 heteroatoms. The van der Waals surface area contributed by atoms with E-state index in [4.69, 9.17) is 10.5 Å². The van der Waals surface area contributed by atoms with Gasteiger partial charge in [-0.25, -0.2) is 0 Å². The molecule has 1 aliphatic rings. The van der Waals surface area contributed by atoms with Crippen LogP contribution in [0, 0.1) is 0 Å². The number of ether oxygens (including phenoxy) is 1. The van der Waals surface area contributed by atoms with Crippen LogP contribution in [0.25, 0.3) is 0 Å². The molecule has 0 amide bonds. The van der Waals surface area contributed by atoms with Gasteiger partial charge < -0.3 is 15.6 Å². The molecule has 1 aromatic rings. The van der Waals surface area contributed by atoms with E-state index in [-0.39, 0.29) is 5.75 Å². The highest BCUT2D eigenvalue weighted by atomic mass is 79.9. The van der Waals surface area contributed by atoms with Crippen LogP contribution in [0.15, 0.2) is 16.6 Å². The van der Waals surface area contributed by atoms with Crippen molar-refractivity contribution in [1.82, 2.24) is 4.90 Å². The second-order valence-electron chi connectivity index (χ2n) is 4.74. The standard InChI is InChI=1S/C13H19BrN2O2/c1-18-12-7-9(6-11(14)13(12)17)8-16-4-2-10(15)3-5-16/h6-7,10,17H,2-5,8,15H2,1H3. The van der Waals surface area contributed by atoms with Crippen molar-refractivity contribution in [3.05, 3.63) is 22.2 Å². The minimum Gasteiger partial charge on any atom is -0.503 e. The molecule has 0 saturated carbocycles. The lowest BCUT2D eigenvalue weighted by Gasteiger charge is -2.30. The van der Waals surface area contributed by atoms with E-state index in [0.717, 1.165) is 38.0 Å². The fourth-order valence-corrected chi connectivity index (χ4v) is 2.73. The van der Waals surface area contributed by atoms with Gasteiger partial charge in [0.25, 0.3) is 0 Å². The first-order valence-electron chi connectivity index (χ1n) is 6.13. The van der Waals surface area contributed by atoms with Crippen molar-refractivity contribution in [2.45, 2.75) is 25.4 Å². The van der Waals surface area contributed by atoms with Gasteiger partial charge in [0.15, 0.2) is 11.5 Å². The normalized spacial score (nSPS) is 17.9. The van der Waals surface area contributed by atoms with Crippen LogP contribution in [0.1, 0.15) is 18.4 Å². The van der Waals surface area contributed by atoms with Gasteiger partial charge in [-0.2, -0.15) is 0 Å². The minimum absolute atomic E-state index is 0.155. The number of nitrogens with zero attached hydrogens (tertiary/aromatic N) is 1. The number of aromatic hydroxyl groups is 1. The summed E-state index contributed by atoms with van der Waals surface area (Å²) in [7, 11) is 1.56. The molecule has 1 fully saturated rings. The zero-order valence-electron chi connectivity index (χ0n) is 10.5. The fourth-order valence-electron chi connectivity index (χ4n) is 2.24. The molecule has 4 nitrogen and oxygen atoms in total. The SMILES string of the molecule is COc1cc(CN2CCC(N)CC2)cc(Br)c1O. The summed E-state index contributed by atoms with van der Waals surface area (Å²) in [4.78, 5) is 2.38. The summed E-state index contributed by atoms with van der Waals surface area (Å²) in [5.41, 5.74) is 7.02. The maximum absolute atomic E-state index is 9.76. The maximum Gasteiger partial charge on any atom is 0.172 e. The third-order valence-electron chi connectivity index (χ3n) is 3.35. The van der Waals surface area contributed by atoms with Gasteiger partial charge in [-0.3, -0.25) is 4.90 Å². The zero-order chi connectivity index (χ0) is 13.1. The number of piperidine rings is 1. The monoisotopic (exact) mass is 314 g/mol. The Morgan fingerprint density at radius 1 is 1.44 bits per heavy atom. The van der Waals surface area contributed by atoms with Gasteiger partial charge in [0.05, 0.1) is 11.6 Å². The number of phenolic OH excluding ortho intramolecular Hbond substituents is 1. The Hall–Kier alpha value is -0.780. The summed E-state index contributed by atoms with van der Waals surface area (Å²) < 4.78 is 5.83. The zero-order valence-corrected chi connectivity index (χ0v) is 12.1. The van der Waals surface area contributed by atoms with Crippen LogP contribution in [0.5, 0.6) is 11.5 Å². The van der Waals surface area contributed by atoms with E-state index in [0.29, 0.717) is 16.3 Å². The first-order valence-corrected chi connectivity index (χ1v) is 6.92. The van der Waals surface area contributed by atoms with Gasteiger partial charge in [0.2, 0.25) is 0 Å². The van der Waals surface area contributed by atoms with Gasteiger partial charge in [0, 0.05) is 12.6 Å². The number of rotatable bonds is 3. The molecule has 1 aliphatic heterocycles. The Bertz CT molecular complexity index is 418. The van der Waals surface area contributed by atoms with Crippen molar-refractivity contribution in [3.8, 4) is 11.5 Å². The molecule has 0 bridgehead atoms. The Morgan fingerprint density at radius 3 is 2.72 bits per heavy atom. The predicted octanol–water partition coefficient (Wildman–Crippen LogP) is 2.09. The van der Waals surface area contributed by atoms with Crippen LogP contribution in [-0.4, -0.2) is 36.2 Å². The van der Waals surface area contributed by atoms with Gasteiger partial charge in [0.1, 0.15) is 0 Å². The molecule has 0 aromatic heterocycles. The molecule has 0 unspecified atom stereocenters. The number of halogens is 1. The van der Waals surface area contributed by atoms with Crippen molar-refractivity contribution < 1.29 is 9.84 Å². The molecule has 0 spiro atoms. The van der Waals surface area contributed by atoms with Gasteiger partial charge >= 0.3 is 0 Å². The van der Waals surface area contributed by atoms with E-state index >= 15 is 0 Å². The van der Waals surface area contributed by atoms with E-state index in [2.05, 4.69) is 20.8 Å². The van der Waals surface area contributed by atoms with Gasteiger partial charge in [-0.15, -0.1) is 0 Å². The number of phenols is 1. The molecule has 1 aromatic carbocycles. The quantitative estimate of drug-likeness (QED) is 0.897. The number of nitrogens with two attached hydrogens (primary N) is 1. The lowest BCUT2D eigenvalue weighted by molar-refractivity contribution is 0.205. The number of hydrogen-bond acceptors (Lipinski definition) is 4. The summed E-state index contributed by atoms with van der Waals surface area (Å²) in [6, 6.07) is 4.17. The first kappa shape index (κ1) is 13.6. The summed E-state index contributed by atoms with van der Waals surface area (Å²) >= 11 is 3.34. The fraction of sp³-hybridized carbons (Fsp3) is 0.538. The van der Waals surface area contributed by atoms with E-state index in [1.807, 2.05) is 12.1 Å². The summed E-state index contributed by atoms with van der Waals surface area (Å²) in [5.74, 6) is 0.662. The topological polar surface area (TPSA) is 58.7 Å². The summed E-state index contributed by atoms with van der Waals surface area (Å²) in [6.07, 6.45) is 2.10. The molecular weight excluding hydrogens is 296 g/mol. The molecular formula is C13H19BrN2O2. The summed E-state index contributed by atoms with van der Waals surface area (Å²) in [6.45, 7) is 2.92. The Balaban J connectivity index is 2.07. The molecule has 1 heterocycles. The predicted molar refractivity (Wildman–Crippen MR) is 74.8 cm³/mol. The molecule has 2 rings (SSSR count). The van der Waals surface area contributed by atoms with Crippen LogP contribution < -0.4 is 10.5 Å². The molecule has 100 valence electrons. The lowest BCUT2D eigenvalue weighted by Crippen LogP contribution is -2.39. The van der Waals surface area contributed by atoms with Crippen molar-refractivity contribution in [2.24, 2.45) is 5.73 Å². The summed E-state index contributed by atoms with van der Waals surface area (Å²) in [5, 5.41) is 9.76. The van der Waals surface area contributed by atoms with E-state index in [1.54, 1.807) is 7.11 Å². The Morgan fingerprint density at radius 2 is 2.11 bits per heavy atom. The number of benzene rings is 1. The van der Waals surface area contributed by atoms with Crippen molar-refractivity contribution >= 4 is 15.9 Å². The third kappa shape index (κ3) is 3.16. The third-order valence-corrected chi connectivity index (χ3v) is 3.95. The number of likely N-dealkylation sites (tertiary alicyclic amines) is 1. The highest BCUT2D eigenvalue weighted by molar-refractivity contribution is 9.10. The average Bonchev–Trinajstić information content (AvgIpc) is 2.36. The van der Waals surface area contributed by atoms with Crippen LogP contribution in [-0.2, 0) is 6.54 Å². The molecule has 18 heavy (non-hydrogen) atoms. The largest absolute Gasteiger partial charge is 0.503 e. The number of hydrogen-bond donors (Lipinski definition) is 2. The average molecular weight is 315 g/mol. The second-order valence-corrected chi connectivity index (χ2v) is 5.60. The van der Waals surface area contributed by atoms with E-state index < -0.39 is 0 Å². The smallest absolute Gasteiger partial charge is 0.172 e. The lowest BCUT2D eigenvalue weighted by atomic mass is 10.1. The van der Waals surface area contributed by atoms with Crippen molar-refractivity contribution in [1.29, 1.82) is 0 Å². The van der Waals surface area contributed by atoms with Gasteiger partial charge in [-0.05, 0) is 59.6 Å².